The van der Waals surface area contributed by atoms with Crippen molar-refractivity contribution in [3.8, 4) is 11.5 Å². The summed E-state index contributed by atoms with van der Waals surface area (Å²) in [5, 5.41) is 0.452. The fourth-order valence-electron chi connectivity index (χ4n) is 5.63. The van der Waals surface area contributed by atoms with Crippen molar-refractivity contribution in [3.05, 3.63) is 140 Å². The van der Waals surface area contributed by atoms with E-state index in [1.54, 1.807) is 29.2 Å². The molecule has 7 heteroatoms. The van der Waals surface area contributed by atoms with Gasteiger partial charge in [0.15, 0.2) is 16.9 Å². The van der Waals surface area contributed by atoms with Gasteiger partial charge in [-0.2, -0.15) is 0 Å². The monoisotopic (exact) mass is 563 g/mol. The van der Waals surface area contributed by atoms with Crippen LogP contribution in [-0.2, 0) is 13.2 Å². The van der Waals surface area contributed by atoms with Crippen molar-refractivity contribution in [2.75, 3.05) is 6.61 Å². The van der Waals surface area contributed by atoms with E-state index in [4.69, 9.17) is 13.9 Å². The molecule has 5 aromatic rings. The Morgan fingerprint density at radius 2 is 1.62 bits per heavy atom. The Morgan fingerprint density at radius 3 is 2.36 bits per heavy atom. The molecule has 0 aliphatic carbocycles. The van der Waals surface area contributed by atoms with Crippen molar-refractivity contribution >= 4 is 16.9 Å². The van der Waals surface area contributed by atoms with Gasteiger partial charge in [-0.25, -0.2) is 4.39 Å². The van der Waals surface area contributed by atoms with Crippen LogP contribution in [0.25, 0.3) is 11.0 Å². The molecule has 0 fully saturated rings. The van der Waals surface area contributed by atoms with E-state index in [2.05, 4.69) is 0 Å². The molecule has 2 heterocycles. The first kappa shape index (κ1) is 27.3. The highest BCUT2D eigenvalue weighted by Gasteiger charge is 2.43. The van der Waals surface area contributed by atoms with E-state index < -0.39 is 11.9 Å². The molecule has 1 atom stereocenters. The lowest BCUT2D eigenvalue weighted by molar-refractivity contribution is 0.0714. The van der Waals surface area contributed by atoms with Crippen LogP contribution in [0.15, 0.2) is 94.1 Å². The standard InChI is InChI=1S/C35H30FNO5/c1-4-40-28-18-25(12-15-27(28)41-20-24-8-6-5-7-9-24)32-31-33(38)30-22(3)16-21(2)17-29(30)42-34(31)35(39)37(32)19-23-10-13-26(36)14-11-23/h5-18,32H,4,19-20H2,1-3H3. The van der Waals surface area contributed by atoms with Crippen molar-refractivity contribution in [1.82, 2.24) is 4.90 Å². The fraction of sp³-hybridized carbons (Fsp3) is 0.200. The summed E-state index contributed by atoms with van der Waals surface area (Å²) in [6.45, 7) is 6.58. The van der Waals surface area contributed by atoms with Crippen LogP contribution in [-0.4, -0.2) is 17.4 Å². The van der Waals surface area contributed by atoms with Crippen LogP contribution in [0.1, 0.15) is 56.9 Å². The molecule has 0 saturated carbocycles. The van der Waals surface area contributed by atoms with Gasteiger partial charge < -0.3 is 18.8 Å². The molecule has 1 aliphatic heterocycles. The van der Waals surface area contributed by atoms with E-state index in [-0.39, 0.29) is 29.1 Å². The molecule has 0 saturated heterocycles. The second-order valence-corrected chi connectivity index (χ2v) is 10.5. The summed E-state index contributed by atoms with van der Waals surface area (Å²) in [4.78, 5) is 29.6. The minimum Gasteiger partial charge on any atom is -0.490 e. The number of amides is 1. The smallest absolute Gasteiger partial charge is 0.291 e. The van der Waals surface area contributed by atoms with Crippen LogP contribution in [0.5, 0.6) is 11.5 Å². The van der Waals surface area contributed by atoms with Crippen LogP contribution < -0.4 is 14.9 Å². The van der Waals surface area contributed by atoms with Crippen molar-refractivity contribution in [2.24, 2.45) is 0 Å². The van der Waals surface area contributed by atoms with Crippen LogP contribution in [0.4, 0.5) is 4.39 Å². The van der Waals surface area contributed by atoms with E-state index in [1.807, 2.05) is 69.3 Å². The van der Waals surface area contributed by atoms with E-state index in [0.717, 1.165) is 22.3 Å². The van der Waals surface area contributed by atoms with Gasteiger partial charge in [0.25, 0.3) is 5.91 Å². The molecule has 6 nitrogen and oxygen atoms in total. The van der Waals surface area contributed by atoms with Gasteiger partial charge in [0, 0.05) is 6.54 Å². The summed E-state index contributed by atoms with van der Waals surface area (Å²) in [5.74, 6) is 0.307. The number of aryl methyl sites for hydroxylation is 2. The molecule has 0 bridgehead atoms. The van der Waals surface area contributed by atoms with Gasteiger partial charge in [-0.1, -0.05) is 54.6 Å². The third-order valence-electron chi connectivity index (χ3n) is 7.50. The summed E-state index contributed by atoms with van der Waals surface area (Å²) >= 11 is 0. The molecule has 1 unspecified atom stereocenters. The van der Waals surface area contributed by atoms with E-state index in [1.165, 1.54) is 12.1 Å². The molecule has 6 rings (SSSR count). The number of fused-ring (bicyclic) bond motifs is 2. The topological polar surface area (TPSA) is 69.0 Å². The number of hydrogen-bond donors (Lipinski definition) is 0. The highest BCUT2D eigenvalue weighted by Crippen LogP contribution is 2.42. The number of benzene rings is 4. The largest absolute Gasteiger partial charge is 0.490 e. The number of hydrogen-bond acceptors (Lipinski definition) is 5. The fourth-order valence-corrected chi connectivity index (χ4v) is 5.63. The minimum absolute atomic E-state index is 0.0203. The molecular formula is C35H30FNO5. The highest BCUT2D eigenvalue weighted by molar-refractivity contribution is 5.99. The van der Waals surface area contributed by atoms with Gasteiger partial charge in [-0.3, -0.25) is 9.59 Å². The third-order valence-corrected chi connectivity index (χ3v) is 7.50. The quantitative estimate of drug-likeness (QED) is 0.199. The van der Waals surface area contributed by atoms with Crippen LogP contribution in [0.3, 0.4) is 0 Å². The molecule has 4 aromatic carbocycles. The van der Waals surface area contributed by atoms with Crippen molar-refractivity contribution in [1.29, 1.82) is 0 Å². The van der Waals surface area contributed by atoms with Gasteiger partial charge in [0.1, 0.15) is 18.0 Å². The first-order chi connectivity index (χ1) is 20.3. The molecule has 0 spiro atoms. The van der Waals surface area contributed by atoms with E-state index in [0.29, 0.717) is 41.2 Å². The first-order valence-electron chi connectivity index (χ1n) is 13.9. The van der Waals surface area contributed by atoms with Gasteiger partial charge in [-0.05, 0) is 78.9 Å². The summed E-state index contributed by atoms with van der Waals surface area (Å²) < 4.78 is 31.9. The Bertz CT molecular complexity index is 1850. The summed E-state index contributed by atoms with van der Waals surface area (Å²) in [5.41, 5.74) is 4.54. The minimum atomic E-state index is -0.749. The van der Waals surface area contributed by atoms with Crippen molar-refractivity contribution < 1.29 is 23.1 Å². The Balaban J connectivity index is 1.48. The number of nitrogens with zero attached hydrogens (tertiary/aromatic N) is 1. The molecule has 0 radical (unpaired) electrons. The third kappa shape index (κ3) is 5.02. The summed E-state index contributed by atoms with van der Waals surface area (Å²) in [7, 11) is 0. The summed E-state index contributed by atoms with van der Waals surface area (Å²) in [6.07, 6.45) is 0. The Morgan fingerprint density at radius 1 is 0.857 bits per heavy atom. The maximum Gasteiger partial charge on any atom is 0.291 e. The number of ether oxygens (including phenoxy) is 2. The lowest BCUT2D eigenvalue weighted by Gasteiger charge is -2.26. The molecule has 212 valence electrons. The highest BCUT2D eigenvalue weighted by atomic mass is 19.1. The maximum absolute atomic E-state index is 14.1. The number of carbonyl (C=O) groups excluding carboxylic acids is 1. The second kappa shape index (κ2) is 11.2. The lowest BCUT2D eigenvalue weighted by Crippen LogP contribution is -2.29. The summed E-state index contributed by atoms with van der Waals surface area (Å²) in [6, 6.07) is 24.2. The molecule has 42 heavy (non-hydrogen) atoms. The lowest BCUT2D eigenvalue weighted by atomic mass is 9.96. The molecular weight excluding hydrogens is 533 g/mol. The SMILES string of the molecule is CCOc1cc(C2c3c(oc4cc(C)cc(C)c4c3=O)C(=O)N2Cc2ccc(F)cc2)ccc1OCc1ccccc1. The van der Waals surface area contributed by atoms with E-state index in [9.17, 15) is 14.0 Å². The van der Waals surface area contributed by atoms with Gasteiger partial charge in [0.05, 0.1) is 23.6 Å². The first-order valence-corrected chi connectivity index (χ1v) is 13.9. The zero-order chi connectivity index (χ0) is 29.4. The van der Waals surface area contributed by atoms with Crippen LogP contribution in [0.2, 0.25) is 0 Å². The van der Waals surface area contributed by atoms with Crippen molar-refractivity contribution in [2.45, 2.75) is 40.0 Å². The molecule has 1 aliphatic rings. The Labute approximate surface area is 242 Å². The average molecular weight is 564 g/mol. The van der Waals surface area contributed by atoms with E-state index >= 15 is 0 Å². The number of carbonyl (C=O) groups is 1. The van der Waals surface area contributed by atoms with Gasteiger partial charge in [-0.15, -0.1) is 0 Å². The maximum atomic E-state index is 14.1. The molecule has 0 N–H and O–H groups in total. The number of rotatable bonds is 8. The zero-order valence-electron chi connectivity index (χ0n) is 23.6. The van der Waals surface area contributed by atoms with Gasteiger partial charge in [0.2, 0.25) is 5.76 Å². The predicted molar refractivity (Wildman–Crippen MR) is 158 cm³/mol. The molecule has 1 aromatic heterocycles. The average Bonchev–Trinajstić information content (AvgIpc) is 3.25. The Kier molecular flexibility index (Phi) is 7.25. The van der Waals surface area contributed by atoms with Crippen LogP contribution in [0, 0.1) is 19.7 Å². The van der Waals surface area contributed by atoms with Crippen LogP contribution >= 0.6 is 0 Å². The second-order valence-electron chi connectivity index (χ2n) is 10.5. The Hall–Kier alpha value is -4.91. The van der Waals surface area contributed by atoms with Gasteiger partial charge >= 0.3 is 0 Å². The number of halogens is 1. The predicted octanol–water partition coefficient (Wildman–Crippen LogP) is 7.27. The van der Waals surface area contributed by atoms with Crippen molar-refractivity contribution in [3.63, 3.8) is 0 Å². The molecule has 1 amide bonds. The zero-order valence-corrected chi connectivity index (χ0v) is 23.6. The normalized spacial score (nSPS) is 14.3.